The molecule has 0 bridgehead atoms. The number of aryl methyl sites for hydroxylation is 1. The molecule has 0 fully saturated rings. The van der Waals surface area contributed by atoms with Crippen molar-refractivity contribution in [3.05, 3.63) is 41.0 Å². The monoisotopic (exact) mass is 215 g/mol. The Labute approximate surface area is 96.6 Å². The first kappa shape index (κ1) is 10.9. The molecular weight excluding hydrogens is 198 g/mol. The van der Waals surface area contributed by atoms with Gasteiger partial charge >= 0.3 is 0 Å². The van der Waals surface area contributed by atoms with Gasteiger partial charge in [0.1, 0.15) is 0 Å². The number of aldehydes is 1. The molecule has 0 amide bonds. The summed E-state index contributed by atoms with van der Waals surface area (Å²) in [6.45, 7) is 6.09. The first-order valence-electron chi connectivity index (χ1n) is 5.67. The smallest absolute Gasteiger partial charge is 0.152 e. The van der Waals surface area contributed by atoms with Crippen molar-refractivity contribution < 1.29 is 4.79 Å². The van der Waals surface area contributed by atoms with Gasteiger partial charge in [0, 0.05) is 24.3 Å². The lowest BCUT2D eigenvalue weighted by Crippen LogP contribution is -2.29. The van der Waals surface area contributed by atoms with E-state index in [1.807, 2.05) is 19.1 Å². The van der Waals surface area contributed by atoms with Gasteiger partial charge in [-0.25, -0.2) is 0 Å². The first-order valence-corrected chi connectivity index (χ1v) is 5.67. The summed E-state index contributed by atoms with van der Waals surface area (Å²) in [7, 11) is 0. The summed E-state index contributed by atoms with van der Waals surface area (Å²) in [6, 6.07) is 6.06. The van der Waals surface area contributed by atoms with E-state index in [1.165, 1.54) is 5.57 Å². The van der Waals surface area contributed by atoms with Crippen molar-refractivity contribution in [2.24, 2.45) is 0 Å². The molecule has 0 radical (unpaired) electrons. The molecule has 0 unspecified atom stereocenters. The van der Waals surface area contributed by atoms with Crippen LogP contribution in [-0.2, 0) is 0 Å². The molecule has 2 heteroatoms. The fourth-order valence-electron chi connectivity index (χ4n) is 2.05. The van der Waals surface area contributed by atoms with Crippen LogP contribution in [0.5, 0.6) is 0 Å². The quantitative estimate of drug-likeness (QED) is 0.558. The molecule has 0 aliphatic carbocycles. The highest BCUT2D eigenvalue weighted by molar-refractivity contribution is 5.85. The molecule has 0 saturated heterocycles. The van der Waals surface area contributed by atoms with Gasteiger partial charge in [0.2, 0.25) is 0 Å². The van der Waals surface area contributed by atoms with E-state index in [-0.39, 0.29) is 0 Å². The van der Waals surface area contributed by atoms with Crippen LogP contribution >= 0.6 is 0 Å². The van der Waals surface area contributed by atoms with E-state index in [2.05, 4.69) is 24.0 Å². The maximum absolute atomic E-state index is 11.0. The Balaban J connectivity index is 2.30. The predicted molar refractivity (Wildman–Crippen MR) is 67.2 cm³/mol. The van der Waals surface area contributed by atoms with Crippen molar-refractivity contribution in [1.82, 2.24) is 0 Å². The lowest BCUT2D eigenvalue weighted by atomic mass is 10.1. The van der Waals surface area contributed by atoms with Crippen LogP contribution < -0.4 is 4.90 Å². The van der Waals surface area contributed by atoms with Gasteiger partial charge < -0.3 is 4.90 Å². The van der Waals surface area contributed by atoms with Crippen LogP contribution in [0.4, 0.5) is 5.69 Å². The zero-order chi connectivity index (χ0) is 11.5. The number of carbonyl (C=O) groups excluding carboxylic acids is 1. The highest BCUT2D eigenvalue weighted by atomic mass is 16.1. The van der Waals surface area contributed by atoms with Gasteiger partial charge in [0.05, 0.1) is 0 Å². The molecule has 1 aromatic carbocycles. The SMILES string of the molecule is CC1=CCN(c2ccc(C)cc2C=O)CC1. The van der Waals surface area contributed by atoms with E-state index in [1.54, 1.807) is 0 Å². The second-order valence-electron chi connectivity index (χ2n) is 4.43. The summed E-state index contributed by atoms with van der Waals surface area (Å²) in [5.41, 5.74) is 4.43. The Morgan fingerprint density at radius 3 is 2.75 bits per heavy atom. The van der Waals surface area contributed by atoms with Gasteiger partial charge in [-0.3, -0.25) is 4.79 Å². The molecule has 1 aliphatic rings. The lowest BCUT2D eigenvalue weighted by molar-refractivity contribution is 0.112. The van der Waals surface area contributed by atoms with Crippen LogP contribution in [0.25, 0.3) is 0 Å². The summed E-state index contributed by atoms with van der Waals surface area (Å²) in [5.74, 6) is 0. The molecule has 1 heterocycles. The molecule has 0 aromatic heterocycles. The van der Waals surface area contributed by atoms with E-state index >= 15 is 0 Å². The summed E-state index contributed by atoms with van der Waals surface area (Å²) < 4.78 is 0. The minimum atomic E-state index is 0.799. The maximum Gasteiger partial charge on any atom is 0.152 e. The standard InChI is InChI=1S/C14H17NO/c1-11-5-7-15(8-6-11)14-4-3-12(2)9-13(14)10-16/h3-5,9-10H,6-8H2,1-2H3. The minimum absolute atomic E-state index is 0.799. The molecule has 1 aromatic rings. The number of nitrogens with zero attached hydrogens (tertiary/aromatic N) is 1. The second kappa shape index (κ2) is 4.52. The van der Waals surface area contributed by atoms with Crippen molar-refractivity contribution in [1.29, 1.82) is 0 Å². The van der Waals surface area contributed by atoms with Crippen molar-refractivity contribution in [2.45, 2.75) is 20.3 Å². The molecule has 0 spiro atoms. The van der Waals surface area contributed by atoms with Gasteiger partial charge in [0.15, 0.2) is 6.29 Å². The Morgan fingerprint density at radius 2 is 2.12 bits per heavy atom. The van der Waals surface area contributed by atoms with E-state index < -0.39 is 0 Å². The van der Waals surface area contributed by atoms with Gasteiger partial charge in [0.25, 0.3) is 0 Å². The van der Waals surface area contributed by atoms with E-state index in [9.17, 15) is 4.79 Å². The summed E-state index contributed by atoms with van der Waals surface area (Å²) in [4.78, 5) is 13.3. The lowest BCUT2D eigenvalue weighted by Gasteiger charge is -2.28. The first-order chi connectivity index (χ1) is 7.70. The number of carbonyl (C=O) groups is 1. The van der Waals surface area contributed by atoms with Crippen molar-refractivity contribution >= 4 is 12.0 Å². The normalized spacial score (nSPS) is 15.9. The molecular formula is C14H17NO. The van der Waals surface area contributed by atoms with E-state index in [4.69, 9.17) is 0 Å². The summed E-state index contributed by atoms with van der Waals surface area (Å²) in [5, 5.41) is 0. The number of benzene rings is 1. The minimum Gasteiger partial charge on any atom is -0.367 e. The highest BCUT2D eigenvalue weighted by Gasteiger charge is 2.13. The maximum atomic E-state index is 11.0. The van der Waals surface area contributed by atoms with E-state index in [0.29, 0.717) is 0 Å². The predicted octanol–water partition coefficient (Wildman–Crippen LogP) is 2.96. The molecule has 0 N–H and O–H groups in total. The molecule has 0 atom stereocenters. The van der Waals surface area contributed by atoms with E-state index in [0.717, 1.165) is 42.6 Å². The topological polar surface area (TPSA) is 20.3 Å². The Bertz CT molecular complexity index is 434. The number of rotatable bonds is 2. The number of hydrogen-bond acceptors (Lipinski definition) is 2. The van der Waals surface area contributed by atoms with Gasteiger partial charge in [-0.05, 0) is 32.4 Å². The van der Waals surface area contributed by atoms with Gasteiger partial charge in [-0.15, -0.1) is 0 Å². The van der Waals surface area contributed by atoms with Crippen LogP contribution in [0.3, 0.4) is 0 Å². The van der Waals surface area contributed by atoms with Gasteiger partial charge in [-0.1, -0.05) is 23.3 Å². The third kappa shape index (κ3) is 2.16. The van der Waals surface area contributed by atoms with Crippen LogP contribution in [0.1, 0.15) is 29.3 Å². The molecule has 2 nitrogen and oxygen atoms in total. The van der Waals surface area contributed by atoms with Gasteiger partial charge in [-0.2, -0.15) is 0 Å². The molecule has 2 rings (SSSR count). The van der Waals surface area contributed by atoms with Crippen molar-refractivity contribution in [3.8, 4) is 0 Å². The van der Waals surface area contributed by atoms with Crippen LogP contribution in [-0.4, -0.2) is 19.4 Å². The average molecular weight is 215 g/mol. The van der Waals surface area contributed by atoms with Crippen LogP contribution in [0.2, 0.25) is 0 Å². The number of anilines is 1. The fraction of sp³-hybridized carbons (Fsp3) is 0.357. The zero-order valence-electron chi connectivity index (χ0n) is 9.86. The van der Waals surface area contributed by atoms with Crippen LogP contribution in [0, 0.1) is 6.92 Å². The molecule has 16 heavy (non-hydrogen) atoms. The van der Waals surface area contributed by atoms with Crippen molar-refractivity contribution in [2.75, 3.05) is 18.0 Å². The third-order valence-corrected chi connectivity index (χ3v) is 3.09. The second-order valence-corrected chi connectivity index (χ2v) is 4.43. The Hall–Kier alpha value is -1.57. The van der Waals surface area contributed by atoms with Crippen molar-refractivity contribution in [3.63, 3.8) is 0 Å². The average Bonchev–Trinajstić information content (AvgIpc) is 2.30. The third-order valence-electron chi connectivity index (χ3n) is 3.09. The fourth-order valence-corrected chi connectivity index (χ4v) is 2.05. The Kier molecular flexibility index (Phi) is 3.09. The summed E-state index contributed by atoms with van der Waals surface area (Å²) in [6.07, 6.45) is 4.28. The number of hydrogen-bond donors (Lipinski definition) is 0. The highest BCUT2D eigenvalue weighted by Crippen LogP contribution is 2.23. The van der Waals surface area contributed by atoms with Crippen LogP contribution in [0.15, 0.2) is 29.8 Å². The summed E-state index contributed by atoms with van der Waals surface area (Å²) >= 11 is 0. The molecule has 0 saturated carbocycles. The molecule has 1 aliphatic heterocycles. The molecule has 84 valence electrons. The largest absolute Gasteiger partial charge is 0.367 e. The Morgan fingerprint density at radius 1 is 1.31 bits per heavy atom. The zero-order valence-corrected chi connectivity index (χ0v) is 9.86.